The van der Waals surface area contributed by atoms with Crippen LogP contribution in [-0.4, -0.2) is 57.6 Å². The molecule has 0 radical (unpaired) electrons. The zero-order valence-corrected chi connectivity index (χ0v) is 21.9. The molecule has 0 heterocycles. The summed E-state index contributed by atoms with van der Waals surface area (Å²) in [6, 6.07) is 10.5. The molecule has 0 spiro atoms. The van der Waals surface area contributed by atoms with E-state index in [4.69, 9.17) is 27.9 Å². The molecule has 2 aromatic rings. The standard InChI is InChI=1S/C23H29Cl2N3O5S/c1-5-9-26-23(30)16(2)27(14-17-7-6-8-21(10-17)33-3)22(29)15-28(34(4,31)32)20-12-18(24)11-19(25)13-20/h6-8,10-13,16H,5,9,14-15H2,1-4H3,(H,26,30)/t16-/m1/s1. The van der Waals surface area contributed by atoms with Gasteiger partial charge in [-0.2, -0.15) is 0 Å². The van der Waals surface area contributed by atoms with E-state index in [1.807, 2.05) is 6.92 Å². The Morgan fingerprint density at radius 3 is 2.32 bits per heavy atom. The van der Waals surface area contributed by atoms with Crippen LogP contribution in [0.3, 0.4) is 0 Å². The molecule has 186 valence electrons. The third-order valence-electron chi connectivity index (χ3n) is 5.02. The molecule has 0 aromatic heterocycles. The van der Waals surface area contributed by atoms with Crippen molar-refractivity contribution in [3.05, 3.63) is 58.1 Å². The van der Waals surface area contributed by atoms with Gasteiger partial charge in [-0.15, -0.1) is 0 Å². The van der Waals surface area contributed by atoms with Crippen LogP contribution in [0.25, 0.3) is 0 Å². The molecule has 2 amide bonds. The van der Waals surface area contributed by atoms with Crippen LogP contribution in [0.1, 0.15) is 25.8 Å². The highest BCUT2D eigenvalue weighted by molar-refractivity contribution is 7.92. The number of carbonyl (C=O) groups excluding carboxylic acids is 2. The number of methoxy groups -OCH3 is 1. The number of anilines is 1. The minimum absolute atomic E-state index is 0.0741. The number of benzene rings is 2. The van der Waals surface area contributed by atoms with Crippen LogP contribution in [0.15, 0.2) is 42.5 Å². The predicted octanol–water partition coefficient (Wildman–Crippen LogP) is 3.71. The number of carbonyl (C=O) groups is 2. The highest BCUT2D eigenvalue weighted by Crippen LogP contribution is 2.27. The Labute approximate surface area is 210 Å². The lowest BCUT2D eigenvalue weighted by Gasteiger charge is -2.31. The van der Waals surface area contributed by atoms with Gasteiger partial charge in [-0.1, -0.05) is 42.3 Å². The van der Waals surface area contributed by atoms with Crippen LogP contribution in [0.2, 0.25) is 10.0 Å². The minimum Gasteiger partial charge on any atom is -0.497 e. The highest BCUT2D eigenvalue weighted by atomic mass is 35.5. The summed E-state index contributed by atoms with van der Waals surface area (Å²) >= 11 is 12.1. The number of nitrogens with zero attached hydrogens (tertiary/aromatic N) is 2. The average molecular weight is 530 g/mol. The molecular weight excluding hydrogens is 501 g/mol. The Bertz CT molecular complexity index is 1110. The summed E-state index contributed by atoms with van der Waals surface area (Å²) in [5.74, 6) is -0.308. The van der Waals surface area contributed by atoms with Gasteiger partial charge in [-0.05, 0) is 49.2 Å². The zero-order valence-electron chi connectivity index (χ0n) is 19.5. The van der Waals surface area contributed by atoms with Crippen molar-refractivity contribution in [1.29, 1.82) is 0 Å². The number of rotatable bonds is 11. The van der Waals surface area contributed by atoms with Crippen LogP contribution in [0, 0.1) is 0 Å². The lowest BCUT2D eigenvalue weighted by molar-refractivity contribution is -0.139. The van der Waals surface area contributed by atoms with Crippen molar-refractivity contribution in [2.75, 3.05) is 30.8 Å². The molecule has 0 saturated heterocycles. The van der Waals surface area contributed by atoms with Gasteiger partial charge in [0.1, 0.15) is 18.3 Å². The molecule has 0 aliphatic carbocycles. The molecule has 1 N–H and O–H groups in total. The van der Waals surface area contributed by atoms with Gasteiger partial charge in [0.05, 0.1) is 19.1 Å². The van der Waals surface area contributed by atoms with Gasteiger partial charge in [-0.3, -0.25) is 13.9 Å². The topological polar surface area (TPSA) is 96.0 Å². The largest absolute Gasteiger partial charge is 0.497 e. The van der Waals surface area contributed by atoms with Crippen LogP contribution in [0.4, 0.5) is 5.69 Å². The Hall–Kier alpha value is -2.49. The number of nitrogens with one attached hydrogen (secondary N) is 1. The molecule has 0 bridgehead atoms. The Balaban J connectivity index is 2.41. The molecule has 8 nitrogen and oxygen atoms in total. The maximum absolute atomic E-state index is 13.5. The molecule has 0 fully saturated rings. The first-order valence-electron chi connectivity index (χ1n) is 10.6. The zero-order chi connectivity index (χ0) is 25.5. The Kier molecular flexibility index (Phi) is 10.0. The maximum atomic E-state index is 13.5. The molecule has 2 aromatic carbocycles. The summed E-state index contributed by atoms with van der Waals surface area (Å²) in [6.45, 7) is 3.52. The molecule has 0 aliphatic heterocycles. The molecule has 34 heavy (non-hydrogen) atoms. The fraction of sp³-hybridized carbons (Fsp3) is 0.391. The molecule has 11 heteroatoms. The second kappa shape index (κ2) is 12.3. The third-order valence-corrected chi connectivity index (χ3v) is 6.60. The van der Waals surface area contributed by atoms with Crippen LogP contribution < -0.4 is 14.4 Å². The van der Waals surface area contributed by atoms with E-state index in [1.165, 1.54) is 30.2 Å². The van der Waals surface area contributed by atoms with Crippen molar-refractivity contribution in [2.24, 2.45) is 0 Å². The van der Waals surface area contributed by atoms with E-state index in [-0.39, 0.29) is 28.2 Å². The number of hydrogen-bond acceptors (Lipinski definition) is 5. The van der Waals surface area contributed by atoms with E-state index in [0.717, 1.165) is 22.5 Å². The third kappa shape index (κ3) is 7.78. The van der Waals surface area contributed by atoms with Crippen LogP contribution in [-0.2, 0) is 26.2 Å². The van der Waals surface area contributed by atoms with Gasteiger partial charge >= 0.3 is 0 Å². The SMILES string of the molecule is CCCNC(=O)[C@@H](C)N(Cc1cccc(OC)c1)C(=O)CN(c1cc(Cl)cc(Cl)c1)S(C)(=O)=O. The van der Waals surface area contributed by atoms with E-state index in [0.29, 0.717) is 12.3 Å². The lowest BCUT2D eigenvalue weighted by Crippen LogP contribution is -2.51. The Morgan fingerprint density at radius 2 is 1.76 bits per heavy atom. The number of halogens is 2. The number of amides is 2. The summed E-state index contributed by atoms with van der Waals surface area (Å²) in [6.07, 6.45) is 1.72. The van der Waals surface area contributed by atoms with Crippen molar-refractivity contribution in [3.8, 4) is 5.75 Å². The second-order valence-corrected chi connectivity index (χ2v) is 10.5. The first-order chi connectivity index (χ1) is 16.0. The minimum atomic E-state index is -3.88. The summed E-state index contributed by atoms with van der Waals surface area (Å²) in [7, 11) is -2.35. The molecule has 0 unspecified atom stereocenters. The fourth-order valence-corrected chi connectivity index (χ4v) is 4.59. The smallest absolute Gasteiger partial charge is 0.244 e. The molecule has 0 aliphatic rings. The lowest BCUT2D eigenvalue weighted by atomic mass is 10.1. The average Bonchev–Trinajstić information content (AvgIpc) is 2.77. The first kappa shape index (κ1) is 27.8. The summed E-state index contributed by atoms with van der Waals surface area (Å²) in [5, 5.41) is 3.23. The normalized spacial score (nSPS) is 12.1. The summed E-state index contributed by atoms with van der Waals surface area (Å²) in [5.41, 5.74) is 0.873. The highest BCUT2D eigenvalue weighted by Gasteiger charge is 2.30. The second-order valence-electron chi connectivity index (χ2n) is 7.74. The number of ether oxygens (including phenoxy) is 1. The molecule has 2 rings (SSSR count). The van der Waals surface area contributed by atoms with Crippen molar-refractivity contribution in [1.82, 2.24) is 10.2 Å². The van der Waals surface area contributed by atoms with Crippen LogP contribution in [0.5, 0.6) is 5.75 Å². The monoisotopic (exact) mass is 529 g/mol. The van der Waals surface area contributed by atoms with E-state index in [2.05, 4.69) is 5.32 Å². The van der Waals surface area contributed by atoms with E-state index < -0.39 is 28.5 Å². The van der Waals surface area contributed by atoms with Gasteiger partial charge in [0.25, 0.3) is 0 Å². The van der Waals surface area contributed by atoms with E-state index >= 15 is 0 Å². The van der Waals surface area contributed by atoms with Crippen molar-refractivity contribution in [2.45, 2.75) is 32.9 Å². The van der Waals surface area contributed by atoms with E-state index in [1.54, 1.807) is 31.2 Å². The van der Waals surface area contributed by atoms with Crippen molar-refractivity contribution in [3.63, 3.8) is 0 Å². The Morgan fingerprint density at radius 1 is 1.12 bits per heavy atom. The van der Waals surface area contributed by atoms with Crippen molar-refractivity contribution < 1.29 is 22.7 Å². The summed E-state index contributed by atoms with van der Waals surface area (Å²) < 4.78 is 31.3. The predicted molar refractivity (Wildman–Crippen MR) is 135 cm³/mol. The molecule has 1 atom stereocenters. The molecular formula is C23H29Cl2N3O5S. The van der Waals surface area contributed by atoms with Gasteiger partial charge in [-0.25, -0.2) is 8.42 Å². The number of sulfonamides is 1. The van der Waals surface area contributed by atoms with Crippen molar-refractivity contribution >= 4 is 50.7 Å². The van der Waals surface area contributed by atoms with Gasteiger partial charge in [0.15, 0.2) is 0 Å². The molecule has 0 saturated carbocycles. The first-order valence-corrected chi connectivity index (χ1v) is 13.2. The maximum Gasteiger partial charge on any atom is 0.244 e. The summed E-state index contributed by atoms with van der Waals surface area (Å²) in [4.78, 5) is 27.5. The van der Waals surface area contributed by atoms with Gasteiger partial charge in [0, 0.05) is 23.1 Å². The van der Waals surface area contributed by atoms with Gasteiger partial charge in [0.2, 0.25) is 21.8 Å². The van der Waals surface area contributed by atoms with Crippen LogP contribution >= 0.6 is 23.2 Å². The van der Waals surface area contributed by atoms with Gasteiger partial charge < -0.3 is 15.0 Å². The number of hydrogen-bond donors (Lipinski definition) is 1. The quantitative estimate of drug-likeness (QED) is 0.478. The van der Waals surface area contributed by atoms with E-state index in [9.17, 15) is 18.0 Å². The fourth-order valence-electron chi connectivity index (χ4n) is 3.24.